The molecule has 0 unspecified atom stereocenters. The summed E-state index contributed by atoms with van der Waals surface area (Å²) < 4.78 is 5.71. The third-order valence-corrected chi connectivity index (χ3v) is 10.2. The van der Waals surface area contributed by atoms with Gasteiger partial charge in [-0.2, -0.15) is 10.2 Å². The molecule has 0 aliphatic heterocycles. The highest BCUT2D eigenvalue weighted by Crippen LogP contribution is 2.24. The first-order valence-corrected chi connectivity index (χ1v) is 50.1. The largest absolute Gasteiger partial charge is 0.416 e. The SMILES string of the molecule is CC.CC.CC.CC.CC.CC.CC.CC.CC.CC.CC.CC.CC.CC.CC.CC.CC.CC.CC.CC.CC.CC.CC.CC.CC.CC.Cc1ccc(-c2nnc(-c3ccc(C)cc3)o2)cc1.c1ccc2nc3ccccc3nc2c1.c1ccc2ncccc2c1.c1ccc2nccnc2c1.c1ccncc1.c1ccnnc1.c1cnccn1.c1cncnc1. The number of benzene rings is 6. The summed E-state index contributed by atoms with van der Waals surface area (Å²) in [5.74, 6) is 1.10. The molecule has 14 rings (SSSR count). The van der Waals surface area contributed by atoms with E-state index in [1.165, 1.54) is 22.8 Å². The van der Waals surface area contributed by atoms with E-state index in [1.807, 2.05) is 542 Å². The van der Waals surface area contributed by atoms with Crippen LogP contribution in [0.3, 0.4) is 0 Å². The van der Waals surface area contributed by atoms with Crippen LogP contribution >= 0.6 is 0 Å². The molecule has 8 heterocycles. The van der Waals surface area contributed by atoms with Crippen LogP contribution in [0, 0.1) is 13.8 Å². The summed E-state index contributed by atoms with van der Waals surface area (Å²) in [6.07, 6.45) is 23.4. The van der Waals surface area contributed by atoms with E-state index in [0.29, 0.717) is 11.8 Å². The van der Waals surface area contributed by atoms with Crippen molar-refractivity contribution < 1.29 is 4.42 Å². The molecule has 8 aromatic heterocycles. The summed E-state index contributed by atoms with van der Waals surface area (Å²) in [6, 6.07) is 63.0. The molecule has 129 heavy (non-hydrogen) atoms. The quantitative estimate of drug-likeness (QED) is 0.148. The maximum atomic E-state index is 5.71. The van der Waals surface area contributed by atoms with Crippen LogP contribution in [0.25, 0.3) is 66.9 Å². The van der Waals surface area contributed by atoms with Crippen molar-refractivity contribution in [3.05, 3.63) is 292 Å². The molecule has 0 atom stereocenters. The second kappa shape index (κ2) is 186. The topological polar surface area (TPSA) is 194 Å². The van der Waals surface area contributed by atoms with Gasteiger partial charge in [0.25, 0.3) is 0 Å². The van der Waals surface area contributed by atoms with Crippen molar-refractivity contribution in [3.63, 3.8) is 0 Å². The molecule has 0 amide bonds. The van der Waals surface area contributed by atoms with Crippen molar-refractivity contribution in [1.82, 2.24) is 70.2 Å². The number of rotatable bonds is 2. The Morgan fingerprint density at radius 3 is 0.605 bits per heavy atom. The summed E-state index contributed by atoms with van der Waals surface area (Å²) in [7, 11) is 0. The van der Waals surface area contributed by atoms with Crippen molar-refractivity contribution >= 4 is 44.0 Å². The van der Waals surface area contributed by atoms with E-state index in [4.69, 9.17) is 4.42 Å². The summed E-state index contributed by atoms with van der Waals surface area (Å²) >= 11 is 0. The van der Waals surface area contributed by atoms with E-state index in [1.54, 1.807) is 80.4 Å². The minimum atomic E-state index is 0.551. The summed E-state index contributed by atoms with van der Waals surface area (Å²) in [6.45, 7) is 108. The number of pyridine rings is 2. The van der Waals surface area contributed by atoms with Crippen LogP contribution in [0.2, 0.25) is 0 Å². The van der Waals surface area contributed by atoms with Crippen LogP contribution in [-0.2, 0) is 0 Å². The summed E-state index contributed by atoms with van der Waals surface area (Å²) in [4.78, 5) is 40.0. The molecule has 0 fully saturated rings. The molecule has 0 spiro atoms. The highest BCUT2D eigenvalue weighted by atomic mass is 16.4. The normalized spacial score (nSPS) is 6.99. The fourth-order valence-electron chi connectivity index (χ4n) is 6.41. The molecule has 6 aromatic carbocycles. The molecule has 14 aromatic rings. The Morgan fingerprint density at radius 2 is 0.395 bits per heavy atom. The van der Waals surface area contributed by atoms with E-state index >= 15 is 0 Å². The number of hydrogen-bond donors (Lipinski definition) is 0. The molecular formula is C114H208N14O. The molecule has 0 aliphatic rings. The lowest BCUT2D eigenvalue weighted by molar-refractivity contribution is 0.584. The van der Waals surface area contributed by atoms with Gasteiger partial charge in [0.2, 0.25) is 11.8 Å². The molecule has 0 radical (unpaired) electrons. The second-order valence-corrected chi connectivity index (χ2v) is 15.8. The molecule has 0 saturated heterocycles. The van der Waals surface area contributed by atoms with Gasteiger partial charge in [0.15, 0.2) is 0 Å². The van der Waals surface area contributed by atoms with Crippen molar-refractivity contribution in [1.29, 1.82) is 0 Å². The number of para-hydroxylation sites is 7. The molecule has 0 saturated carbocycles. The zero-order valence-corrected chi connectivity index (χ0v) is 94.2. The zero-order chi connectivity index (χ0) is 105. The van der Waals surface area contributed by atoms with Crippen molar-refractivity contribution in [2.45, 2.75) is 374 Å². The van der Waals surface area contributed by atoms with Crippen LogP contribution in [0.5, 0.6) is 0 Å². The van der Waals surface area contributed by atoms with Gasteiger partial charge < -0.3 is 4.42 Å². The fourth-order valence-corrected chi connectivity index (χ4v) is 6.41. The molecule has 15 nitrogen and oxygen atoms in total. The summed E-state index contributed by atoms with van der Waals surface area (Å²) in [5, 5.41) is 16.5. The number of aryl methyl sites for hydroxylation is 2. The molecule has 0 N–H and O–H groups in total. The molecule has 0 bridgehead atoms. The number of hydrogen-bond acceptors (Lipinski definition) is 15. The Labute approximate surface area is 802 Å². The van der Waals surface area contributed by atoms with Crippen LogP contribution in [-0.4, -0.2) is 70.2 Å². The van der Waals surface area contributed by atoms with E-state index in [9.17, 15) is 0 Å². The molecule has 740 valence electrons. The number of nitrogens with zero attached hydrogens (tertiary/aromatic N) is 14. The van der Waals surface area contributed by atoms with E-state index in [2.05, 4.69) is 96.2 Å². The zero-order valence-electron chi connectivity index (χ0n) is 94.2. The van der Waals surface area contributed by atoms with Gasteiger partial charge >= 0.3 is 0 Å². The Bertz CT molecular complexity index is 3200. The Balaban J connectivity index is -0.0000000554. The van der Waals surface area contributed by atoms with Crippen LogP contribution in [0.1, 0.15) is 371 Å². The fraction of sp³-hybridized carbons (Fsp3) is 0.474. The second-order valence-electron chi connectivity index (χ2n) is 15.8. The Morgan fingerprint density at radius 1 is 0.171 bits per heavy atom. The smallest absolute Gasteiger partial charge is 0.248 e. The maximum Gasteiger partial charge on any atom is 0.248 e. The van der Waals surface area contributed by atoms with Gasteiger partial charge in [-0.25, -0.2) is 19.9 Å². The van der Waals surface area contributed by atoms with Gasteiger partial charge in [-0.3, -0.25) is 29.9 Å². The average Bonchev–Trinajstić information content (AvgIpc) is 1.75. The van der Waals surface area contributed by atoms with Crippen molar-refractivity contribution in [3.8, 4) is 22.9 Å². The van der Waals surface area contributed by atoms with E-state index in [0.717, 1.165) is 49.7 Å². The third kappa shape index (κ3) is 115. The Kier molecular flexibility index (Phi) is 243. The Hall–Kier alpha value is -10.8. The molecule has 0 aliphatic carbocycles. The number of fused-ring (bicyclic) bond motifs is 4. The monoisotopic (exact) mass is 1790 g/mol. The van der Waals surface area contributed by atoms with Crippen LogP contribution < -0.4 is 0 Å². The predicted octanol–water partition coefficient (Wildman–Crippen LogP) is 39.9. The lowest BCUT2D eigenvalue weighted by Crippen LogP contribution is -1.85. The minimum absolute atomic E-state index is 0.551. The molecule has 15 heteroatoms. The highest BCUT2D eigenvalue weighted by Gasteiger charge is 2.10. The van der Waals surface area contributed by atoms with Gasteiger partial charge in [0, 0.05) is 97.1 Å². The van der Waals surface area contributed by atoms with Crippen molar-refractivity contribution in [2.75, 3.05) is 0 Å². The standard InChI is InChI=1S/C16H14N2O.C12H8N2.C9H7N.C8H6N2.C5H5N.3C4H4N2.26C2H6/c1-11-3-7-13(8-4-11)15-17-18-16(19-15)14-9-5-12(2)6-10-14;1-2-6-10-9(5-1)13-11-7-3-4-8-12(11)14-10;1-2-6-9-8(4-1)5-3-7-10-9;1-2-4-8-7(3-1)9-5-6-10-8;1-2-4-6-5-3-1;1-2-6-4-3-5-1;1-2-5-4-6-3-1;1-2-4-6-5-3-1;26*1-2/h3-10H,1-2H3;1-8H;1-7H;1-6H;1-5H;3*1-4H;26*1-2H3. The summed E-state index contributed by atoms with van der Waals surface area (Å²) in [5.41, 5.74) is 11.1. The molecular weight excluding hydrogens is 1580 g/mol. The lowest BCUT2D eigenvalue weighted by atomic mass is 10.1. The van der Waals surface area contributed by atoms with Gasteiger partial charge in [0.05, 0.1) is 38.6 Å². The third-order valence-electron chi connectivity index (χ3n) is 10.2. The number of aromatic nitrogens is 14. The lowest BCUT2D eigenvalue weighted by Gasteiger charge is -1.98. The van der Waals surface area contributed by atoms with Gasteiger partial charge in [-0.1, -0.05) is 462 Å². The van der Waals surface area contributed by atoms with E-state index in [-0.39, 0.29) is 0 Å². The average molecular weight is 1790 g/mol. The van der Waals surface area contributed by atoms with Gasteiger partial charge in [0.1, 0.15) is 6.33 Å². The first-order valence-electron chi connectivity index (χ1n) is 50.1. The van der Waals surface area contributed by atoms with Gasteiger partial charge in [-0.05, 0) is 117 Å². The maximum absolute atomic E-state index is 5.71. The highest BCUT2D eigenvalue weighted by molar-refractivity contribution is 5.86. The van der Waals surface area contributed by atoms with Crippen LogP contribution in [0.15, 0.2) is 285 Å². The van der Waals surface area contributed by atoms with Crippen LogP contribution in [0.4, 0.5) is 0 Å². The van der Waals surface area contributed by atoms with Gasteiger partial charge in [-0.15, -0.1) is 10.2 Å². The predicted molar refractivity (Wildman–Crippen MR) is 598 cm³/mol. The first kappa shape index (κ1) is 168. The first-order chi connectivity index (χ1) is 64.1. The van der Waals surface area contributed by atoms with Crippen molar-refractivity contribution in [2.24, 2.45) is 0 Å². The van der Waals surface area contributed by atoms with E-state index < -0.39 is 0 Å². The minimum Gasteiger partial charge on any atom is -0.416 e.